The lowest BCUT2D eigenvalue weighted by Crippen LogP contribution is -2.42. The standard InChI is InChI=1S/C16H20N2O3/c1-8-6-11(16(20)21)4-5-12(8)18-15(19)13-9-2-3-10(7-9)14(13)17/h4-6,9-10,13-14H,2-3,7,17H2,1H3,(H,18,19)(H,20,21). The molecule has 2 saturated carbocycles. The smallest absolute Gasteiger partial charge is 0.335 e. The number of rotatable bonds is 3. The Bertz CT molecular complexity index is 597. The van der Waals surface area contributed by atoms with Crippen LogP contribution in [0.5, 0.6) is 0 Å². The number of benzene rings is 1. The number of hydrogen-bond donors (Lipinski definition) is 3. The molecule has 0 saturated heterocycles. The van der Waals surface area contributed by atoms with Crippen molar-refractivity contribution in [2.75, 3.05) is 5.32 Å². The summed E-state index contributed by atoms with van der Waals surface area (Å²) >= 11 is 0. The molecule has 2 bridgehead atoms. The van der Waals surface area contributed by atoms with Crippen molar-refractivity contribution >= 4 is 17.6 Å². The summed E-state index contributed by atoms with van der Waals surface area (Å²) in [6, 6.07) is 4.68. The highest BCUT2D eigenvalue weighted by Gasteiger charge is 2.49. The van der Waals surface area contributed by atoms with Crippen LogP contribution in [-0.4, -0.2) is 23.0 Å². The maximum atomic E-state index is 12.5. The van der Waals surface area contributed by atoms with Gasteiger partial charge in [0.15, 0.2) is 0 Å². The predicted octanol–water partition coefficient (Wildman–Crippen LogP) is 2.01. The van der Waals surface area contributed by atoms with E-state index in [-0.39, 0.29) is 23.4 Å². The zero-order valence-corrected chi connectivity index (χ0v) is 12.0. The van der Waals surface area contributed by atoms with Gasteiger partial charge in [-0.2, -0.15) is 0 Å². The molecule has 0 spiro atoms. The van der Waals surface area contributed by atoms with Crippen molar-refractivity contribution < 1.29 is 14.7 Å². The minimum absolute atomic E-state index is 0.0270. The molecule has 4 atom stereocenters. The van der Waals surface area contributed by atoms with Crippen LogP contribution < -0.4 is 11.1 Å². The average molecular weight is 288 g/mol. The molecular weight excluding hydrogens is 268 g/mol. The van der Waals surface area contributed by atoms with E-state index in [0.29, 0.717) is 17.5 Å². The second-order valence-electron chi connectivity index (χ2n) is 6.26. The number of nitrogens with two attached hydrogens (primary N) is 1. The predicted molar refractivity (Wildman–Crippen MR) is 79.1 cm³/mol. The van der Waals surface area contributed by atoms with Crippen LogP contribution in [0.1, 0.15) is 35.2 Å². The van der Waals surface area contributed by atoms with Crippen molar-refractivity contribution in [1.82, 2.24) is 0 Å². The first-order valence-corrected chi connectivity index (χ1v) is 7.37. The number of carboxylic acid groups (broad SMARTS) is 1. The van der Waals surface area contributed by atoms with Crippen molar-refractivity contribution in [2.45, 2.75) is 32.2 Å². The molecule has 4 unspecified atom stereocenters. The van der Waals surface area contributed by atoms with Gasteiger partial charge in [-0.25, -0.2) is 4.79 Å². The summed E-state index contributed by atoms with van der Waals surface area (Å²) < 4.78 is 0. The van der Waals surface area contributed by atoms with Crippen LogP contribution in [0, 0.1) is 24.7 Å². The van der Waals surface area contributed by atoms with Gasteiger partial charge < -0.3 is 16.2 Å². The molecule has 21 heavy (non-hydrogen) atoms. The van der Waals surface area contributed by atoms with Crippen LogP contribution >= 0.6 is 0 Å². The van der Waals surface area contributed by atoms with Gasteiger partial charge in [0, 0.05) is 11.7 Å². The van der Waals surface area contributed by atoms with Crippen molar-refractivity contribution in [3.05, 3.63) is 29.3 Å². The minimum Gasteiger partial charge on any atom is -0.478 e. The van der Waals surface area contributed by atoms with Gasteiger partial charge in [0.25, 0.3) is 0 Å². The zero-order chi connectivity index (χ0) is 15.1. The number of carboxylic acids is 1. The molecule has 5 nitrogen and oxygen atoms in total. The maximum Gasteiger partial charge on any atom is 0.335 e. The molecule has 0 aromatic heterocycles. The Kier molecular flexibility index (Phi) is 3.45. The van der Waals surface area contributed by atoms with E-state index >= 15 is 0 Å². The second kappa shape index (κ2) is 5.15. The summed E-state index contributed by atoms with van der Waals surface area (Å²) in [5.41, 5.74) is 7.82. The Morgan fingerprint density at radius 3 is 2.57 bits per heavy atom. The van der Waals surface area contributed by atoms with Gasteiger partial charge in [-0.3, -0.25) is 4.79 Å². The first kappa shape index (κ1) is 14.1. The Morgan fingerprint density at radius 1 is 1.29 bits per heavy atom. The summed E-state index contributed by atoms with van der Waals surface area (Å²) in [4.78, 5) is 23.4. The average Bonchev–Trinajstić information content (AvgIpc) is 3.01. The molecule has 2 aliphatic rings. The topological polar surface area (TPSA) is 92.4 Å². The summed E-state index contributed by atoms with van der Waals surface area (Å²) in [7, 11) is 0. The van der Waals surface area contributed by atoms with Crippen molar-refractivity contribution in [1.29, 1.82) is 0 Å². The minimum atomic E-state index is -0.967. The first-order valence-electron chi connectivity index (χ1n) is 7.37. The zero-order valence-electron chi connectivity index (χ0n) is 12.0. The fourth-order valence-electron chi connectivity index (χ4n) is 3.88. The Labute approximate surface area is 123 Å². The lowest BCUT2D eigenvalue weighted by Gasteiger charge is -2.27. The molecule has 0 radical (unpaired) electrons. The fourth-order valence-corrected chi connectivity index (χ4v) is 3.88. The number of aromatic carboxylic acids is 1. The van der Waals surface area contributed by atoms with Gasteiger partial charge >= 0.3 is 5.97 Å². The monoisotopic (exact) mass is 288 g/mol. The SMILES string of the molecule is Cc1cc(C(=O)O)ccc1NC(=O)C1C2CCC(C2)C1N. The quantitative estimate of drug-likeness (QED) is 0.793. The van der Waals surface area contributed by atoms with E-state index in [2.05, 4.69) is 5.32 Å². The van der Waals surface area contributed by atoms with Crippen LogP contribution in [0.15, 0.2) is 18.2 Å². The first-order chi connectivity index (χ1) is 9.97. The second-order valence-corrected chi connectivity index (χ2v) is 6.26. The molecule has 2 fully saturated rings. The number of amides is 1. The van der Waals surface area contributed by atoms with E-state index < -0.39 is 5.97 Å². The third kappa shape index (κ3) is 2.42. The number of carbonyl (C=O) groups is 2. The van der Waals surface area contributed by atoms with E-state index in [4.69, 9.17) is 10.8 Å². The summed E-state index contributed by atoms with van der Waals surface area (Å²) in [5.74, 6) is -0.209. The van der Waals surface area contributed by atoms with Crippen LogP contribution in [0.2, 0.25) is 0 Å². The molecular formula is C16H20N2O3. The Balaban J connectivity index is 1.75. The molecule has 3 rings (SSSR count). The van der Waals surface area contributed by atoms with E-state index in [0.717, 1.165) is 24.8 Å². The van der Waals surface area contributed by atoms with Crippen LogP contribution in [0.4, 0.5) is 5.69 Å². The number of carbonyl (C=O) groups excluding carboxylic acids is 1. The molecule has 1 aromatic carbocycles. The van der Waals surface area contributed by atoms with Gasteiger partial charge in [-0.05, 0) is 61.8 Å². The number of anilines is 1. The van der Waals surface area contributed by atoms with E-state index in [1.807, 2.05) is 0 Å². The molecule has 2 aliphatic carbocycles. The molecule has 4 N–H and O–H groups in total. The van der Waals surface area contributed by atoms with Crippen molar-refractivity contribution in [3.8, 4) is 0 Å². The third-order valence-corrected chi connectivity index (χ3v) is 5.01. The van der Waals surface area contributed by atoms with E-state index in [1.54, 1.807) is 19.1 Å². The lowest BCUT2D eigenvalue weighted by molar-refractivity contribution is -0.121. The van der Waals surface area contributed by atoms with Gasteiger partial charge in [0.2, 0.25) is 5.91 Å². The normalized spacial score (nSPS) is 30.4. The number of hydrogen-bond acceptors (Lipinski definition) is 3. The molecule has 1 aromatic rings. The van der Waals surface area contributed by atoms with Crippen molar-refractivity contribution in [3.63, 3.8) is 0 Å². The summed E-state index contributed by atoms with van der Waals surface area (Å²) in [5, 5.41) is 11.9. The van der Waals surface area contributed by atoms with Gasteiger partial charge in [-0.15, -0.1) is 0 Å². The molecule has 5 heteroatoms. The van der Waals surface area contributed by atoms with Gasteiger partial charge in [-0.1, -0.05) is 0 Å². The van der Waals surface area contributed by atoms with E-state index in [1.165, 1.54) is 6.07 Å². The lowest BCUT2D eigenvalue weighted by atomic mass is 9.84. The highest BCUT2D eigenvalue weighted by Crippen LogP contribution is 2.47. The van der Waals surface area contributed by atoms with Crippen LogP contribution in [-0.2, 0) is 4.79 Å². The molecule has 0 heterocycles. The van der Waals surface area contributed by atoms with Crippen molar-refractivity contribution in [2.24, 2.45) is 23.5 Å². The van der Waals surface area contributed by atoms with Crippen LogP contribution in [0.25, 0.3) is 0 Å². The molecule has 112 valence electrons. The van der Waals surface area contributed by atoms with Gasteiger partial charge in [0.1, 0.15) is 0 Å². The Morgan fingerprint density at radius 2 is 2.00 bits per heavy atom. The number of fused-ring (bicyclic) bond motifs is 2. The molecule has 0 aliphatic heterocycles. The van der Waals surface area contributed by atoms with Gasteiger partial charge in [0.05, 0.1) is 11.5 Å². The number of aryl methyl sites for hydroxylation is 1. The maximum absolute atomic E-state index is 12.5. The largest absolute Gasteiger partial charge is 0.478 e. The highest BCUT2D eigenvalue weighted by atomic mass is 16.4. The highest BCUT2D eigenvalue weighted by molar-refractivity contribution is 5.95. The summed E-state index contributed by atoms with van der Waals surface area (Å²) in [6.45, 7) is 1.79. The summed E-state index contributed by atoms with van der Waals surface area (Å²) in [6.07, 6.45) is 3.30. The van der Waals surface area contributed by atoms with E-state index in [9.17, 15) is 9.59 Å². The van der Waals surface area contributed by atoms with Crippen LogP contribution in [0.3, 0.4) is 0 Å². The Hall–Kier alpha value is -1.88. The third-order valence-electron chi connectivity index (χ3n) is 5.01. The fraction of sp³-hybridized carbons (Fsp3) is 0.500. The molecule has 1 amide bonds. The number of nitrogens with one attached hydrogen (secondary N) is 1.